The van der Waals surface area contributed by atoms with Crippen molar-refractivity contribution in [3.63, 3.8) is 0 Å². The summed E-state index contributed by atoms with van der Waals surface area (Å²) in [7, 11) is 0. The van der Waals surface area contributed by atoms with Crippen LogP contribution in [-0.2, 0) is 14.3 Å². The van der Waals surface area contributed by atoms with Crippen LogP contribution < -0.4 is 4.74 Å². The first-order valence-corrected chi connectivity index (χ1v) is 11.4. The zero-order chi connectivity index (χ0) is 20.3. The van der Waals surface area contributed by atoms with Gasteiger partial charge in [0.1, 0.15) is 23.7 Å². The normalized spacial score (nSPS) is 24.9. The molecule has 30 heavy (non-hydrogen) atoms. The summed E-state index contributed by atoms with van der Waals surface area (Å²) < 4.78 is 23.3. The molecule has 1 saturated heterocycles. The van der Waals surface area contributed by atoms with Crippen molar-refractivity contribution in [3.05, 3.63) is 30.0 Å². The molecule has 1 aromatic heterocycles. The van der Waals surface area contributed by atoms with E-state index in [9.17, 15) is 4.79 Å². The first-order valence-electron chi connectivity index (χ1n) is 11.4. The van der Waals surface area contributed by atoms with Crippen molar-refractivity contribution in [2.75, 3.05) is 39.5 Å². The molecular formula is C24H31NO5. The van der Waals surface area contributed by atoms with Crippen molar-refractivity contribution in [2.45, 2.75) is 50.5 Å². The number of ether oxygens (including phenoxy) is 3. The quantitative estimate of drug-likeness (QED) is 0.683. The Morgan fingerprint density at radius 3 is 2.60 bits per heavy atom. The predicted molar refractivity (Wildman–Crippen MR) is 113 cm³/mol. The number of benzene rings is 1. The molecular weight excluding hydrogens is 382 g/mol. The number of fused-ring (bicyclic) bond motifs is 1. The van der Waals surface area contributed by atoms with Crippen molar-refractivity contribution in [2.24, 2.45) is 5.92 Å². The Labute approximate surface area is 177 Å². The summed E-state index contributed by atoms with van der Waals surface area (Å²) in [6, 6.07) is 8.33. The summed E-state index contributed by atoms with van der Waals surface area (Å²) in [5.41, 5.74) is 0.910. The summed E-state index contributed by atoms with van der Waals surface area (Å²) in [5, 5.41) is 1.14. The molecule has 6 heteroatoms. The second-order valence-electron chi connectivity index (χ2n) is 8.88. The smallest absolute Gasteiger partial charge is 0.248 e. The Bertz CT molecular complexity index is 860. The minimum absolute atomic E-state index is 0.0809. The zero-order valence-electron chi connectivity index (χ0n) is 17.5. The second kappa shape index (κ2) is 8.98. The summed E-state index contributed by atoms with van der Waals surface area (Å²) in [6.45, 7) is 3.61. The number of furan rings is 1. The molecule has 0 atom stereocenters. The number of rotatable bonds is 7. The maximum atomic E-state index is 12.3. The summed E-state index contributed by atoms with van der Waals surface area (Å²) in [6.07, 6.45) is 6.74. The van der Waals surface area contributed by atoms with E-state index in [4.69, 9.17) is 18.6 Å². The number of hydrogen-bond acceptors (Lipinski definition) is 5. The lowest BCUT2D eigenvalue weighted by atomic mass is 9.86. The molecule has 1 aromatic carbocycles. The average Bonchev–Trinajstić information content (AvgIpc) is 3.53. The fraction of sp³-hybridized carbons (Fsp3) is 0.625. The molecule has 0 spiro atoms. The molecule has 6 nitrogen and oxygen atoms in total. The van der Waals surface area contributed by atoms with Crippen molar-refractivity contribution in [3.8, 4) is 5.75 Å². The number of nitrogens with zero attached hydrogens (tertiary/aromatic N) is 1. The number of morpholine rings is 1. The van der Waals surface area contributed by atoms with E-state index in [1.165, 1.54) is 12.8 Å². The number of carbonyl (C=O) groups excluding carboxylic acids is 1. The van der Waals surface area contributed by atoms with Gasteiger partial charge in [0.05, 0.1) is 25.9 Å². The molecule has 3 fully saturated rings. The van der Waals surface area contributed by atoms with Gasteiger partial charge in [0, 0.05) is 30.5 Å². The van der Waals surface area contributed by atoms with Gasteiger partial charge in [-0.25, -0.2) is 0 Å². The maximum Gasteiger partial charge on any atom is 0.248 e. The first-order chi connectivity index (χ1) is 14.7. The van der Waals surface area contributed by atoms with E-state index in [2.05, 4.69) is 12.1 Å². The van der Waals surface area contributed by atoms with Crippen LogP contribution in [0.2, 0.25) is 0 Å². The second-order valence-corrected chi connectivity index (χ2v) is 8.88. The third-order valence-electron chi connectivity index (χ3n) is 6.58. The van der Waals surface area contributed by atoms with Crippen LogP contribution in [0.15, 0.2) is 28.7 Å². The molecule has 0 bridgehead atoms. The van der Waals surface area contributed by atoms with Gasteiger partial charge in [-0.2, -0.15) is 0 Å². The molecule has 3 aliphatic rings. The number of amides is 1. The monoisotopic (exact) mass is 413 g/mol. The Morgan fingerprint density at radius 1 is 1.03 bits per heavy atom. The Balaban J connectivity index is 1.11. The highest BCUT2D eigenvalue weighted by molar-refractivity contribution is 5.79. The Morgan fingerprint density at radius 2 is 1.83 bits per heavy atom. The SMILES string of the molecule is O=C(COC1CCC(c2cc3ccc(OCC4CC4)cc3o2)CC1)N1CCOCC1. The third-order valence-corrected chi connectivity index (χ3v) is 6.58. The summed E-state index contributed by atoms with van der Waals surface area (Å²) in [5.74, 6) is 3.21. The van der Waals surface area contributed by atoms with Crippen LogP contribution in [0.5, 0.6) is 5.75 Å². The molecule has 2 heterocycles. The molecule has 0 N–H and O–H groups in total. The van der Waals surface area contributed by atoms with E-state index in [-0.39, 0.29) is 18.6 Å². The zero-order valence-corrected chi connectivity index (χ0v) is 17.5. The molecule has 1 amide bonds. The van der Waals surface area contributed by atoms with E-state index in [1.54, 1.807) is 0 Å². The van der Waals surface area contributed by atoms with Crippen molar-refractivity contribution in [1.82, 2.24) is 4.90 Å². The van der Waals surface area contributed by atoms with E-state index in [0.29, 0.717) is 32.2 Å². The van der Waals surface area contributed by atoms with E-state index < -0.39 is 0 Å². The lowest BCUT2D eigenvalue weighted by Crippen LogP contribution is -2.43. The van der Waals surface area contributed by atoms with Gasteiger partial charge in [-0.05, 0) is 62.6 Å². The van der Waals surface area contributed by atoms with Crippen molar-refractivity contribution < 1.29 is 23.4 Å². The third kappa shape index (κ3) is 4.81. The largest absolute Gasteiger partial charge is 0.493 e. The van der Waals surface area contributed by atoms with Gasteiger partial charge in [-0.15, -0.1) is 0 Å². The lowest BCUT2D eigenvalue weighted by molar-refractivity contribution is -0.142. The molecule has 2 aliphatic carbocycles. The fourth-order valence-corrected chi connectivity index (χ4v) is 4.43. The van der Waals surface area contributed by atoms with Crippen LogP contribution in [0.3, 0.4) is 0 Å². The molecule has 1 aliphatic heterocycles. The topological polar surface area (TPSA) is 61.1 Å². The highest BCUT2D eigenvalue weighted by Gasteiger charge is 2.27. The van der Waals surface area contributed by atoms with Crippen LogP contribution in [0.1, 0.15) is 50.2 Å². The minimum atomic E-state index is 0.0809. The van der Waals surface area contributed by atoms with Crippen LogP contribution >= 0.6 is 0 Å². The van der Waals surface area contributed by atoms with Crippen LogP contribution in [0.25, 0.3) is 11.0 Å². The first kappa shape index (κ1) is 19.9. The van der Waals surface area contributed by atoms with Gasteiger partial charge in [-0.3, -0.25) is 4.79 Å². The summed E-state index contributed by atoms with van der Waals surface area (Å²) in [4.78, 5) is 14.1. The lowest BCUT2D eigenvalue weighted by Gasteiger charge is -2.30. The fourth-order valence-electron chi connectivity index (χ4n) is 4.43. The van der Waals surface area contributed by atoms with Crippen LogP contribution in [-0.4, -0.2) is 56.4 Å². The van der Waals surface area contributed by atoms with Crippen LogP contribution in [0.4, 0.5) is 0 Å². The molecule has 5 rings (SSSR count). The van der Waals surface area contributed by atoms with Crippen LogP contribution in [0, 0.1) is 5.92 Å². The van der Waals surface area contributed by atoms with Crippen molar-refractivity contribution in [1.29, 1.82) is 0 Å². The predicted octanol–water partition coefficient (Wildman–Crippen LogP) is 4.12. The van der Waals surface area contributed by atoms with Gasteiger partial charge in [0.15, 0.2) is 0 Å². The molecule has 2 saturated carbocycles. The minimum Gasteiger partial charge on any atom is -0.493 e. The maximum absolute atomic E-state index is 12.3. The van der Waals surface area contributed by atoms with E-state index in [0.717, 1.165) is 60.7 Å². The highest BCUT2D eigenvalue weighted by atomic mass is 16.5. The molecule has 2 aromatic rings. The average molecular weight is 414 g/mol. The van der Waals surface area contributed by atoms with Gasteiger partial charge < -0.3 is 23.5 Å². The number of carbonyl (C=O) groups is 1. The van der Waals surface area contributed by atoms with Crippen molar-refractivity contribution >= 4 is 16.9 Å². The van der Waals surface area contributed by atoms with Gasteiger partial charge >= 0.3 is 0 Å². The molecule has 0 radical (unpaired) electrons. The number of hydrogen-bond donors (Lipinski definition) is 0. The van der Waals surface area contributed by atoms with Gasteiger partial charge in [-0.1, -0.05) is 0 Å². The Hall–Kier alpha value is -2.05. The highest BCUT2D eigenvalue weighted by Crippen LogP contribution is 2.37. The molecule has 162 valence electrons. The summed E-state index contributed by atoms with van der Waals surface area (Å²) >= 11 is 0. The standard InChI is InChI=1S/C24H31NO5/c26-24(25-9-11-27-12-10-25)16-29-20-6-3-18(4-7-20)22-13-19-5-8-21(14-23(19)30-22)28-15-17-1-2-17/h5,8,13-14,17-18,20H,1-4,6-7,9-12,15-16H2. The molecule has 0 unspecified atom stereocenters. The van der Waals surface area contributed by atoms with Gasteiger partial charge in [0.2, 0.25) is 5.91 Å². The van der Waals surface area contributed by atoms with Gasteiger partial charge in [0.25, 0.3) is 0 Å². The van der Waals surface area contributed by atoms with E-state index in [1.807, 2.05) is 17.0 Å². The Kier molecular flexibility index (Phi) is 5.95. The van der Waals surface area contributed by atoms with E-state index >= 15 is 0 Å².